The number of ketones is 1. The highest BCUT2D eigenvalue weighted by atomic mass is 16.5. The third kappa shape index (κ3) is 4.26. The monoisotopic (exact) mass is 206 g/mol. The lowest BCUT2D eigenvalue weighted by Gasteiger charge is -2.02. The molecule has 1 aromatic carbocycles. The van der Waals surface area contributed by atoms with Crippen LogP contribution in [0.2, 0.25) is 0 Å². The van der Waals surface area contributed by atoms with Gasteiger partial charge in [0, 0.05) is 20.0 Å². The average Bonchev–Trinajstić information content (AvgIpc) is 2.27. The van der Waals surface area contributed by atoms with Crippen molar-refractivity contribution in [3.05, 3.63) is 35.4 Å². The molecule has 0 spiro atoms. The van der Waals surface area contributed by atoms with Crippen LogP contribution in [0.1, 0.15) is 24.5 Å². The zero-order chi connectivity index (χ0) is 11.1. The normalized spacial score (nSPS) is 10.3. The van der Waals surface area contributed by atoms with Gasteiger partial charge in [0.2, 0.25) is 0 Å². The smallest absolute Gasteiger partial charge is 0.139 e. The van der Waals surface area contributed by atoms with Gasteiger partial charge in [-0.3, -0.25) is 4.79 Å². The van der Waals surface area contributed by atoms with Crippen LogP contribution >= 0.6 is 0 Å². The quantitative estimate of drug-likeness (QED) is 0.714. The number of hydrogen-bond acceptors (Lipinski definition) is 2. The maximum Gasteiger partial charge on any atom is 0.139 e. The molecule has 0 saturated carbocycles. The summed E-state index contributed by atoms with van der Waals surface area (Å²) in [6.07, 6.45) is 2.07. The van der Waals surface area contributed by atoms with Gasteiger partial charge in [-0.25, -0.2) is 0 Å². The van der Waals surface area contributed by atoms with E-state index in [0.717, 1.165) is 12.0 Å². The molecule has 0 unspecified atom stereocenters. The van der Waals surface area contributed by atoms with E-state index in [9.17, 15) is 4.79 Å². The van der Waals surface area contributed by atoms with Gasteiger partial charge in [-0.05, 0) is 17.5 Å². The lowest BCUT2D eigenvalue weighted by atomic mass is 10.0. The molecular weight excluding hydrogens is 188 g/mol. The third-order valence-electron chi connectivity index (χ3n) is 2.42. The second-order valence-electron chi connectivity index (χ2n) is 3.63. The van der Waals surface area contributed by atoms with Gasteiger partial charge in [0.1, 0.15) is 5.78 Å². The van der Waals surface area contributed by atoms with E-state index in [0.29, 0.717) is 19.4 Å². The van der Waals surface area contributed by atoms with Gasteiger partial charge in [0.15, 0.2) is 0 Å². The van der Waals surface area contributed by atoms with Crippen molar-refractivity contribution < 1.29 is 9.53 Å². The fraction of sp³-hybridized carbons (Fsp3) is 0.462. The van der Waals surface area contributed by atoms with Crippen LogP contribution < -0.4 is 0 Å². The van der Waals surface area contributed by atoms with Gasteiger partial charge < -0.3 is 4.74 Å². The molecule has 0 aliphatic heterocycles. The van der Waals surface area contributed by atoms with Crippen molar-refractivity contribution >= 4 is 5.78 Å². The Bertz CT molecular complexity index is 301. The van der Waals surface area contributed by atoms with Crippen LogP contribution in [-0.2, 0) is 22.4 Å². The molecule has 0 amide bonds. The molecule has 1 rings (SSSR count). The van der Waals surface area contributed by atoms with Crippen molar-refractivity contribution in [2.45, 2.75) is 26.2 Å². The molecule has 0 heterocycles. The van der Waals surface area contributed by atoms with Gasteiger partial charge in [-0.1, -0.05) is 31.2 Å². The summed E-state index contributed by atoms with van der Waals surface area (Å²) in [6, 6.07) is 8.23. The standard InChI is InChI=1S/C13H18O2/c1-3-11-4-6-12(7-5-11)10-13(14)8-9-15-2/h4-7H,3,8-10H2,1-2H3. The highest BCUT2D eigenvalue weighted by Crippen LogP contribution is 2.06. The van der Waals surface area contributed by atoms with Gasteiger partial charge in [-0.15, -0.1) is 0 Å². The number of aryl methyl sites for hydroxylation is 1. The summed E-state index contributed by atoms with van der Waals surface area (Å²) in [7, 11) is 1.61. The SMILES string of the molecule is CCc1ccc(CC(=O)CCOC)cc1. The molecule has 1 aromatic rings. The minimum atomic E-state index is 0.237. The van der Waals surface area contributed by atoms with E-state index in [-0.39, 0.29) is 5.78 Å². The van der Waals surface area contributed by atoms with Crippen molar-refractivity contribution in [1.29, 1.82) is 0 Å². The fourth-order valence-electron chi connectivity index (χ4n) is 1.42. The molecule has 0 bridgehead atoms. The minimum absolute atomic E-state index is 0.237. The van der Waals surface area contributed by atoms with Crippen LogP contribution in [0, 0.1) is 0 Å². The van der Waals surface area contributed by atoms with Gasteiger partial charge in [-0.2, -0.15) is 0 Å². The largest absolute Gasteiger partial charge is 0.384 e. The van der Waals surface area contributed by atoms with Gasteiger partial charge in [0.25, 0.3) is 0 Å². The van der Waals surface area contributed by atoms with E-state index in [1.807, 2.05) is 12.1 Å². The Morgan fingerprint density at radius 1 is 1.20 bits per heavy atom. The maximum absolute atomic E-state index is 11.4. The van der Waals surface area contributed by atoms with Gasteiger partial charge >= 0.3 is 0 Å². The van der Waals surface area contributed by atoms with E-state index < -0.39 is 0 Å². The summed E-state index contributed by atoms with van der Waals surface area (Å²) in [5, 5.41) is 0. The Morgan fingerprint density at radius 2 is 1.80 bits per heavy atom. The summed E-state index contributed by atoms with van der Waals surface area (Å²) in [6.45, 7) is 2.64. The van der Waals surface area contributed by atoms with Crippen molar-refractivity contribution in [1.82, 2.24) is 0 Å². The lowest BCUT2D eigenvalue weighted by molar-refractivity contribution is -0.119. The Labute approximate surface area is 91.3 Å². The summed E-state index contributed by atoms with van der Waals surface area (Å²) >= 11 is 0. The molecule has 82 valence electrons. The molecule has 0 aliphatic rings. The zero-order valence-electron chi connectivity index (χ0n) is 9.45. The highest BCUT2D eigenvalue weighted by molar-refractivity contribution is 5.80. The second kappa shape index (κ2) is 6.36. The number of ether oxygens (including phenoxy) is 1. The molecule has 2 nitrogen and oxygen atoms in total. The first-order valence-electron chi connectivity index (χ1n) is 5.34. The molecular formula is C13H18O2. The Kier molecular flexibility index (Phi) is 5.05. The number of hydrogen-bond donors (Lipinski definition) is 0. The molecule has 0 fully saturated rings. The predicted octanol–water partition coefficient (Wildman–Crippen LogP) is 2.40. The van der Waals surface area contributed by atoms with E-state index in [1.165, 1.54) is 5.56 Å². The van der Waals surface area contributed by atoms with E-state index in [2.05, 4.69) is 19.1 Å². The highest BCUT2D eigenvalue weighted by Gasteiger charge is 2.03. The first-order valence-corrected chi connectivity index (χ1v) is 5.34. The number of Topliss-reactive ketones (excluding diaryl/α,β-unsaturated/α-hetero) is 1. The van der Waals surface area contributed by atoms with Crippen molar-refractivity contribution in [2.75, 3.05) is 13.7 Å². The van der Waals surface area contributed by atoms with Crippen LogP contribution in [0.25, 0.3) is 0 Å². The Hall–Kier alpha value is -1.15. The number of rotatable bonds is 6. The summed E-state index contributed by atoms with van der Waals surface area (Å²) in [5.41, 5.74) is 2.40. The first kappa shape index (κ1) is 11.9. The van der Waals surface area contributed by atoms with Gasteiger partial charge in [0.05, 0.1) is 6.61 Å². The molecule has 15 heavy (non-hydrogen) atoms. The number of benzene rings is 1. The molecule has 0 atom stereocenters. The Morgan fingerprint density at radius 3 is 2.33 bits per heavy atom. The van der Waals surface area contributed by atoms with Crippen molar-refractivity contribution in [2.24, 2.45) is 0 Å². The van der Waals surface area contributed by atoms with Crippen molar-refractivity contribution in [3.63, 3.8) is 0 Å². The molecule has 0 N–H and O–H groups in total. The number of carbonyl (C=O) groups excluding carboxylic acids is 1. The maximum atomic E-state index is 11.4. The molecule has 0 aromatic heterocycles. The number of carbonyl (C=O) groups is 1. The minimum Gasteiger partial charge on any atom is -0.384 e. The van der Waals surface area contributed by atoms with Crippen LogP contribution in [-0.4, -0.2) is 19.5 Å². The summed E-state index contributed by atoms with van der Waals surface area (Å²) < 4.78 is 4.87. The molecule has 0 saturated heterocycles. The van der Waals surface area contributed by atoms with Crippen LogP contribution in [0.4, 0.5) is 0 Å². The predicted molar refractivity (Wildman–Crippen MR) is 61.0 cm³/mol. The third-order valence-corrected chi connectivity index (χ3v) is 2.42. The number of methoxy groups -OCH3 is 1. The average molecular weight is 206 g/mol. The van der Waals surface area contributed by atoms with Crippen LogP contribution in [0.15, 0.2) is 24.3 Å². The molecule has 2 heteroatoms. The molecule has 0 radical (unpaired) electrons. The van der Waals surface area contributed by atoms with Crippen LogP contribution in [0.3, 0.4) is 0 Å². The topological polar surface area (TPSA) is 26.3 Å². The first-order chi connectivity index (χ1) is 7.26. The van der Waals surface area contributed by atoms with Crippen LogP contribution in [0.5, 0.6) is 0 Å². The van der Waals surface area contributed by atoms with Crippen molar-refractivity contribution in [3.8, 4) is 0 Å². The lowest BCUT2D eigenvalue weighted by Crippen LogP contribution is -2.06. The van der Waals surface area contributed by atoms with E-state index in [1.54, 1.807) is 7.11 Å². The van der Waals surface area contributed by atoms with E-state index in [4.69, 9.17) is 4.74 Å². The Balaban J connectivity index is 2.46. The summed E-state index contributed by atoms with van der Waals surface area (Å²) in [4.78, 5) is 11.4. The van der Waals surface area contributed by atoms with E-state index >= 15 is 0 Å². The fourth-order valence-corrected chi connectivity index (χ4v) is 1.42. The molecule has 0 aliphatic carbocycles. The zero-order valence-corrected chi connectivity index (χ0v) is 9.45. The summed E-state index contributed by atoms with van der Waals surface area (Å²) in [5.74, 6) is 0.237. The second-order valence-corrected chi connectivity index (χ2v) is 3.63.